The van der Waals surface area contributed by atoms with Gasteiger partial charge in [-0.05, 0) is 64.7 Å². The summed E-state index contributed by atoms with van der Waals surface area (Å²) >= 11 is 0. The summed E-state index contributed by atoms with van der Waals surface area (Å²) in [6, 6.07) is 5.31. The molecule has 0 aliphatic rings. The van der Waals surface area contributed by atoms with Gasteiger partial charge in [0, 0.05) is 6.07 Å². The summed E-state index contributed by atoms with van der Waals surface area (Å²) in [6.45, 7) is 9.05. The molecule has 0 unspecified atom stereocenters. The molecule has 5 heteroatoms. The molecule has 1 aromatic carbocycles. The minimum Gasteiger partial charge on any atom is -0.497 e. The lowest BCUT2D eigenvalue weighted by Gasteiger charge is -2.13. The first-order chi connectivity index (χ1) is 15.0. The molecule has 0 radical (unpaired) electrons. The Kier molecular flexibility index (Phi) is 9.95. The average molecular weight is 427 g/mol. The van der Waals surface area contributed by atoms with Crippen molar-refractivity contribution in [2.45, 2.75) is 53.4 Å². The highest BCUT2D eigenvalue weighted by Crippen LogP contribution is 2.34. The van der Waals surface area contributed by atoms with E-state index in [9.17, 15) is 4.79 Å². The second kappa shape index (κ2) is 12.7. The number of methoxy groups -OCH3 is 1. The number of ether oxygens (including phenoxy) is 3. The number of rotatable bonds is 12. The number of benzene rings is 1. The molecular weight excluding hydrogens is 392 g/mol. The Morgan fingerprint density at radius 2 is 1.84 bits per heavy atom. The first kappa shape index (κ1) is 24.3. The fourth-order valence-corrected chi connectivity index (χ4v) is 3.00. The third-order valence-corrected chi connectivity index (χ3v) is 4.71. The van der Waals surface area contributed by atoms with Gasteiger partial charge in [-0.1, -0.05) is 36.3 Å². The highest BCUT2D eigenvalue weighted by atomic mass is 16.5. The van der Waals surface area contributed by atoms with Gasteiger partial charge in [-0.15, -0.1) is 0 Å². The molecule has 2 rings (SSSR count). The summed E-state index contributed by atoms with van der Waals surface area (Å²) < 4.78 is 22.6. The van der Waals surface area contributed by atoms with Crippen LogP contribution in [0.3, 0.4) is 0 Å². The van der Waals surface area contributed by atoms with E-state index in [1.54, 1.807) is 13.2 Å². The molecule has 0 aliphatic heterocycles. The van der Waals surface area contributed by atoms with Gasteiger partial charge in [0.1, 0.15) is 17.9 Å². The van der Waals surface area contributed by atoms with Gasteiger partial charge in [0.05, 0.1) is 19.1 Å². The van der Waals surface area contributed by atoms with Crippen molar-refractivity contribution in [1.82, 2.24) is 0 Å². The van der Waals surface area contributed by atoms with Crippen LogP contribution in [-0.2, 0) is 0 Å². The van der Waals surface area contributed by atoms with E-state index in [0.29, 0.717) is 29.1 Å². The van der Waals surface area contributed by atoms with Crippen molar-refractivity contribution in [3.63, 3.8) is 0 Å². The highest BCUT2D eigenvalue weighted by Gasteiger charge is 2.18. The summed E-state index contributed by atoms with van der Waals surface area (Å²) in [5.41, 5.74) is 2.37. The summed E-state index contributed by atoms with van der Waals surface area (Å²) in [6.07, 6.45) is 12.0. The molecule has 0 aliphatic carbocycles. The summed E-state index contributed by atoms with van der Waals surface area (Å²) in [5, 5.41) is 0.680. The van der Waals surface area contributed by atoms with Crippen LogP contribution >= 0.6 is 0 Å². The van der Waals surface area contributed by atoms with Crippen molar-refractivity contribution in [2.75, 3.05) is 20.3 Å². The molecule has 2 aromatic rings. The Morgan fingerprint density at radius 3 is 2.55 bits per heavy atom. The Bertz CT molecular complexity index is 991. The van der Waals surface area contributed by atoms with Gasteiger partial charge in [-0.2, -0.15) is 0 Å². The number of hydrogen-bond acceptors (Lipinski definition) is 5. The SMILES string of the molecule is CC/C=C/CCOc1c(OC/C=C(\C)CCC=C(C)C)c(=O)oc2cc(OC)ccc12. The molecule has 0 spiro atoms. The van der Waals surface area contributed by atoms with E-state index in [0.717, 1.165) is 25.7 Å². The second-order valence-corrected chi connectivity index (χ2v) is 7.61. The normalized spacial score (nSPS) is 11.7. The predicted octanol–water partition coefficient (Wildman–Crippen LogP) is 6.61. The molecule has 1 aromatic heterocycles. The quantitative estimate of drug-likeness (QED) is 0.217. The Hall–Kier alpha value is -2.95. The van der Waals surface area contributed by atoms with Crippen molar-refractivity contribution in [2.24, 2.45) is 0 Å². The molecular formula is C26H34O5. The zero-order valence-corrected chi connectivity index (χ0v) is 19.3. The fourth-order valence-electron chi connectivity index (χ4n) is 3.00. The summed E-state index contributed by atoms with van der Waals surface area (Å²) in [5.74, 6) is 1.12. The predicted molar refractivity (Wildman–Crippen MR) is 126 cm³/mol. The molecule has 168 valence electrons. The molecule has 5 nitrogen and oxygen atoms in total. The largest absolute Gasteiger partial charge is 0.497 e. The molecule has 0 fully saturated rings. The lowest BCUT2D eigenvalue weighted by Crippen LogP contribution is -2.11. The summed E-state index contributed by atoms with van der Waals surface area (Å²) in [4.78, 5) is 12.7. The molecule has 0 amide bonds. The molecule has 0 saturated heterocycles. The van der Waals surface area contributed by atoms with E-state index in [-0.39, 0.29) is 12.4 Å². The van der Waals surface area contributed by atoms with E-state index < -0.39 is 5.63 Å². The molecule has 1 heterocycles. The van der Waals surface area contributed by atoms with Gasteiger partial charge >= 0.3 is 5.63 Å². The van der Waals surface area contributed by atoms with E-state index in [2.05, 4.69) is 45.9 Å². The van der Waals surface area contributed by atoms with Crippen molar-refractivity contribution >= 4 is 11.0 Å². The topological polar surface area (TPSA) is 57.9 Å². The fraction of sp³-hybridized carbons (Fsp3) is 0.423. The van der Waals surface area contributed by atoms with Gasteiger partial charge in [-0.25, -0.2) is 4.79 Å². The Balaban J connectivity index is 2.25. The Morgan fingerprint density at radius 1 is 1.03 bits per heavy atom. The zero-order chi connectivity index (χ0) is 22.6. The zero-order valence-electron chi connectivity index (χ0n) is 19.3. The van der Waals surface area contributed by atoms with E-state index in [4.69, 9.17) is 18.6 Å². The molecule has 31 heavy (non-hydrogen) atoms. The van der Waals surface area contributed by atoms with E-state index in [1.165, 1.54) is 11.1 Å². The van der Waals surface area contributed by atoms with Crippen LogP contribution in [0, 0.1) is 0 Å². The molecule has 0 saturated carbocycles. The first-order valence-electron chi connectivity index (χ1n) is 10.8. The van der Waals surface area contributed by atoms with E-state index >= 15 is 0 Å². The van der Waals surface area contributed by atoms with Crippen LogP contribution in [0.15, 0.2) is 62.9 Å². The van der Waals surface area contributed by atoms with Crippen LogP contribution in [0.2, 0.25) is 0 Å². The number of hydrogen-bond donors (Lipinski definition) is 0. The van der Waals surface area contributed by atoms with Crippen LogP contribution in [0.25, 0.3) is 11.0 Å². The number of allylic oxidation sites excluding steroid dienone is 4. The summed E-state index contributed by atoms with van der Waals surface area (Å²) in [7, 11) is 1.57. The van der Waals surface area contributed by atoms with Crippen LogP contribution in [0.4, 0.5) is 0 Å². The van der Waals surface area contributed by atoms with Crippen molar-refractivity contribution in [3.05, 3.63) is 64.1 Å². The van der Waals surface area contributed by atoms with Crippen molar-refractivity contribution in [1.29, 1.82) is 0 Å². The first-order valence-corrected chi connectivity index (χ1v) is 10.8. The van der Waals surface area contributed by atoms with Crippen LogP contribution in [0.1, 0.15) is 53.4 Å². The third kappa shape index (κ3) is 7.67. The van der Waals surface area contributed by atoms with Gasteiger partial charge in [0.15, 0.2) is 5.75 Å². The molecule has 0 atom stereocenters. The minimum atomic E-state index is -0.560. The standard InChI is InChI=1S/C26H34O5/c1-6-7-8-9-16-29-24-22-14-13-21(28-5)18-23(22)31-26(27)25(24)30-17-15-20(4)12-10-11-19(2)3/h7-8,11,13-15,18H,6,9-10,12,16-17H2,1-5H3/b8-7+,20-15+. The van der Waals surface area contributed by atoms with Crippen LogP contribution in [-0.4, -0.2) is 20.3 Å². The van der Waals surface area contributed by atoms with Crippen LogP contribution < -0.4 is 19.8 Å². The lowest BCUT2D eigenvalue weighted by atomic mass is 10.1. The van der Waals surface area contributed by atoms with Gasteiger partial charge in [0.25, 0.3) is 0 Å². The smallest absolute Gasteiger partial charge is 0.383 e. The molecule has 0 bridgehead atoms. The monoisotopic (exact) mass is 426 g/mol. The van der Waals surface area contributed by atoms with Crippen molar-refractivity contribution < 1.29 is 18.6 Å². The Labute approximate surface area is 185 Å². The minimum absolute atomic E-state index is 0.102. The second-order valence-electron chi connectivity index (χ2n) is 7.61. The van der Waals surface area contributed by atoms with Crippen molar-refractivity contribution in [3.8, 4) is 17.2 Å². The lowest BCUT2D eigenvalue weighted by molar-refractivity contribution is 0.279. The maximum Gasteiger partial charge on any atom is 0.383 e. The maximum atomic E-state index is 12.7. The maximum absolute atomic E-state index is 12.7. The van der Waals surface area contributed by atoms with E-state index in [1.807, 2.05) is 18.2 Å². The number of fused-ring (bicyclic) bond motifs is 1. The van der Waals surface area contributed by atoms with Crippen LogP contribution in [0.5, 0.6) is 17.2 Å². The average Bonchev–Trinajstić information content (AvgIpc) is 2.74. The van der Waals surface area contributed by atoms with Gasteiger partial charge in [-0.3, -0.25) is 0 Å². The third-order valence-electron chi connectivity index (χ3n) is 4.71. The van der Waals surface area contributed by atoms with Gasteiger partial charge < -0.3 is 18.6 Å². The molecule has 0 N–H and O–H groups in total. The highest BCUT2D eigenvalue weighted by molar-refractivity contribution is 5.86. The van der Waals surface area contributed by atoms with Gasteiger partial charge in [0.2, 0.25) is 5.75 Å².